The molecular weight excluding hydrogens is 315 g/mol. The lowest BCUT2D eigenvalue weighted by Crippen LogP contribution is -1.83. The molecule has 4 aromatic rings. The second kappa shape index (κ2) is 6.02. The maximum atomic E-state index is 14.0. The Labute approximate surface area is 144 Å². The molecule has 2 heterocycles. The molecule has 0 unspecified atom stereocenters. The first-order chi connectivity index (χ1) is 12.2. The summed E-state index contributed by atoms with van der Waals surface area (Å²) in [5, 5.41) is 7.38. The Hall–Kier alpha value is -3.21. The number of H-pyrrole nitrogens is 2. The largest absolute Gasteiger partial charge is 0.337 e. The van der Waals surface area contributed by atoms with Crippen LogP contribution in [0.1, 0.15) is 18.2 Å². The molecule has 4 rings (SSSR count). The zero-order valence-corrected chi connectivity index (χ0v) is 14.0. The number of nitrogens with zero attached hydrogens (tertiary/aromatic N) is 2. The summed E-state index contributed by atoms with van der Waals surface area (Å²) in [6.45, 7) is 3.97. The van der Waals surface area contributed by atoms with Gasteiger partial charge in [0, 0.05) is 11.1 Å². The van der Waals surface area contributed by atoms with Crippen molar-refractivity contribution in [2.45, 2.75) is 13.8 Å². The van der Waals surface area contributed by atoms with E-state index < -0.39 is 0 Å². The summed E-state index contributed by atoms with van der Waals surface area (Å²) in [6.07, 6.45) is 3.94. The van der Waals surface area contributed by atoms with Crippen LogP contribution in [-0.2, 0) is 0 Å². The number of benzene rings is 2. The van der Waals surface area contributed by atoms with Crippen LogP contribution in [0.4, 0.5) is 4.39 Å². The number of imidazole rings is 1. The summed E-state index contributed by atoms with van der Waals surface area (Å²) in [5.41, 5.74) is 5.85. The van der Waals surface area contributed by atoms with Crippen LogP contribution in [0.5, 0.6) is 0 Å². The highest BCUT2D eigenvalue weighted by Crippen LogP contribution is 2.28. The Morgan fingerprint density at radius 2 is 1.96 bits per heavy atom. The lowest BCUT2D eigenvalue weighted by molar-refractivity contribution is 0.631. The van der Waals surface area contributed by atoms with E-state index in [4.69, 9.17) is 0 Å². The van der Waals surface area contributed by atoms with Gasteiger partial charge in [-0.15, -0.1) is 0 Å². The molecule has 2 aromatic heterocycles. The van der Waals surface area contributed by atoms with Crippen molar-refractivity contribution in [3.8, 4) is 22.6 Å². The van der Waals surface area contributed by atoms with Crippen molar-refractivity contribution in [1.82, 2.24) is 20.2 Å². The number of hydrogen-bond acceptors (Lipinski definition) is 2. The van der Waals surface area contributed by atoms with E-state index in [1.54, 1.807) is 12.1 Å². The number of fused-ring (bicyclic) bond motifs is 1. The van der Waals surface area contributed by atoms with Gasteiger partial charge in [0.2, 0.25) is 0 Å². The highest BCUT2D eigenvalue weighted by molar-refractivity contribution is 5.84. The minimum absolute atomic E-state index is 0.235. The van der Waals surface area contributed by atoms with Gasteiger partial charge in [-0.1, -0.05) is 30.3 Å². The van der Waals surface area contributed by atoms with Gasteiger partial charge in [0.05, 0.1) is 16.7 Å². The summed E-state index contributed by atoms with van der Waals surface area (Å²) >= 11 is 0. The van der Waals surface area contributed by atoms with Gasteiger partial charge in [-0.3, -0.25) is 5.10 Å². The molecule has 124 valence electrons. The highest BCUT2D eigenvalue weighted by Gasteiger charge is 2.14. The van der Waals surface area contributed by atoms with Crippen molar-refractivity contribution in [3.05, 3.63) is 65.6 Å². The third kappa shape index (κ3) is 2.63. The molecule has 0 fully saturated rings. The fourth-order valence-corrected chi connectivity index (χ4v) is 2.96. The number of hydrogen-bond donors (Lipinski definition) is 2. The van der Waals surface area contributed by atoms with Gasteiger partial charge in [0.15, 0.2) is 5.82 Å². The van der Waals surface area contributed by atoms with Crippen molar-refractivity contribution in [2.24, 2.45) is 0 Å². The number of halogens is 1. The second-order valence-electron chi connectivity index (χ2n) is 5.91. The maximum Gasteiger partial charge on any atom is 0.159 e. The normalized spacial score (nSPS) is 11.6. The monoisotopic (exact) mass is 332 g/mol. The SMILES string of the molecule is C/C=C\c1[nH]nc(-c2nc3ccc(-c4ccccc4F)cc3[nH]2)c1C. The topological polar surface area (TPSA) is 57.4 Å². The van der Waals surface area contributed by atoms with Gasteiger partial charge in [0.25, 0.3) is 0 Å². The fourth-order valence-electron chi connectivity index (χ4n) is 2.96. The van der Waals surface area contributed by atoms with E-state index in [9.17, 15) is 4.39 Å². The van der Waals surface area contributed by atoms with Crippen LogP contribution in [-0.4, -0.2) is 20.2 Å². The lowest BCUT2D eigenvalue weighted by atomic mass is 10.0. The Morgan fingerprint density at radius 1 is 1.12 bits per heavy atom. The number of allylic oxidation sites excluding steroid dienone is 1. The summed E-state index contributed by atoms with van der Waals surface area (Å²) in [7, 11) is 0. The highest BCUT2D eigenvalue weighted by atomic mass is 19.1. The van der Waals surface area contributed by atoms with Gasteiger partial charge < -0.3 is 4.98 Å². The molecule has 0 bridgehead atoms. The molecular formula is C20H17FN4. The first kappa shape index (κ1) is 15.3. The number of aromatic nitrogens is 4. The molecule has 0 spiro atoms. The Bertz CT molecular complexity index is 1090. The second-order valence-corrected chi connectivity index (χ2v) is 5.91. The summed E-state index contributed by atoms with van der Waals surface area (Å²) in [4.78, 5) is 7.92. The van der Waals surface area contributed by atoms with Gasteiger partial charge in [-0.05, 0) is 43.7 Å². The summed E-state index contributed by atoms with van der Waals surface area (Å²) in [5.74, 6) is 0.464. The van der Waals surface area contributed by atoms with Crippen molar-refractivity contribution in [1.29, 1.82) is 0 Å². The fraction of sp³-hybridized carbons (Fsp3) is 0.100. The molecule has 0 aliphatic heterocycles. The average molecular weight is 332 g/mol. The Morgan fingerprint density at radius 3 is 2.76 bits per heavy atom. The van der Waals surface area contributed by atoms with E-state index in [1.807, 2.05) is 50.3 Å². The van der Waals surface area contributed by atoms with Crippen molar-refractivity contribution >= 4 is 17.1 Å². The zero-order chi connectivity index (χ0) is 17.4. The van der Waals surface area contributed by atoms with E-state index in [0.717, 1.165) is 33.5 Å². The number of nitrogens with one attached hydrogen (secondary N) is 2. The van der Waals surface area contributed by atoms with Crippen LogP contribution in [0.2, 0.25) is 0 Å². The van der Waals surface area contributed by atoms with E-state index in [-0.39, 0.29) is 5.82 Å². The molecule has 5 heteroatoms. The van der Waals surface area contributed by atoms with E-state index in [1.165, 1.54) is 6.07 Å². The molecule has 0 atom stereocenters. The van der Waals surface area contributed by atoms with Crippen molar-refractivity contribution < 1.29 is 4.39 Å². The zero-order valence-electron chi connectivity index (χ0n) is 14.0. The third-order valence-electron chi connectivity index (χ3n) is 4.27. The van der Waals surface area contributed by atoms with Crippen LogP contribution < -0.4 is 0 Å². The quantitative estimate of drug-likeness (QED) is 0.548. The van der Waals surface area contributed by atoms with Crippen LogP contribution >= 0.6 is 0 Å². The maximum absolute atomic E-state index is 14.0. The predicted molar refractivity (Wildman–Crippen MR) is 98.5 cm³/mol. The molecule has 2 N–H and O–H groups in total. The van der Waals surface area contributed by atoms with Crippen LogP contribution in [0, 0.1) is 12.7 Å². The lowest BCUT2D eigenvalue weighted by Gasteiger charge is -2.02. The molecule has 25 heavy (non-hydrogen) atoms. The van der Waals surface area contributed by atoms with Gasteiger partial charge in [-0.2, -0.15) is 5.10 Å². The summed E-state index contributed by atoms with van der Waals surface area (Å²) < 4.78 is 14.0. The first-order valence-corrected chi connectivity index (χ1v) is 8.10. The first-order valence-electron chi connectivity index (χ1n) is 8.10. The Kier molecular flexibility index (Phi) is 3.69. The molecule has 0 radical (unpaired) electrons. The molecule has 0 aliphatic carbocycles. The van der Waals surface area contributed by atoms with Gasteiger partial charge >= 0.3 is 0 Å². The predicted octanol–water partition coefficient (Wildman–Crippen LogP) is 5.10. The minimum Gasteiger partial charge on any atom is -0.337 e. The Balaban J connectivity index is 1.80. The molecule has 4 nitrogen and oxygen atoms in total. The number of aromatic amines is 2. The third-order valence-corrected chi connectivity index (χ3v) is 4.27. The van der Waals surface area contributed by atoms with Crippen LogP contribution in [0.3, 0.4) is 0 Å². The average Bonchev–Trinajstić information content (AvgIpc) is 3.19. The molecule has 2 aromatic carbocycles. The van der Waals surface area contributed by atoms with Gasteiger partial charge in [0.1, 0.15) is 11.5 Å². The molecule has 0 saturated heterocycles. The minimum atomic E-state index is -0.235. The standard InChI is InChI=1S/C20H17FN4/c1-3-6-16-12(2)19(25-24-16)20-22-17-10-9-13(11-18(17)23-20)14-7-4-5-8-15(14)21/h3-11H,1-2H3,(H,22,23)(H,24,25)/b6-3-. The van der Waals surface area contributed by atoms with Crippen LogP contribution in [0.15, 0.2) is 48.5 Å². The van der Waals surface area contributed by atoms with E-state index in [0.29, 0.717) is 11.4 Å². The van der Waals surface area contributed by atoms with E-state index >= 15 is 0 Å². The number of rotatable bonds is 3. The van der Waals surface area contributed by atoms with E-state index in [2.05, 4.69) is 20.2 Å². The molecule has 0 amide bonds. The smallest absolute Gasteiger partial charge is 0.159 e. The van der Waals surface area contributed by atoms with Crippen LogP contribution in [0.25, 0.3) is 39.8 Å². The van der Waals surface area contributed by atoms with Crippen molar-refractivity contribution in [3.63, 3.8) is 0 Å². The molecule has 0 aliphatic rings. The molecule has 0 saturated carbocycles. The summed E-state index contributed by atoms with van der Waals surface area (Å²) in [6, 6.07) is 12.5. The van der Waals surface area contributed by atoms with Gasteiger partial charge in [-0.25, -0.2) is 9.37 Å². The van der Waals surface area contributed by atoms with Crippen molar-refractivity contribution in [2.75, 3.05) is 0 Å².